The first-order chi connectivity index (χ1) is 8.63. The van der Waals surface area contributed by atoms with Gasteiger partial charge in [-0.25, -0.2) is 0 Å². The second-order valence-electron chi connectivity index (χ2n) is 3.43. The number of halogens is 1. The fourth-order valence-electron chi connectivity index (χ4n) is 1.44. The summed E-state index contributed by atoms with van der Waals surface area (Å²) < 4.78 is 0. The van der Waals surface area contributed by atoms with E-state index >= 15 is 0 Å². The zero-order valence-corrected chi connectivity index (χ0v) is 10.7. The summed E-state index contributed by atoms with van der Waals surface area (Å²) in [7, 11) is 0. The number of nitrogens with one attached hydrogen (secondary N) is 1. The van der Waals surface area contributed by atoms with Gasteiger partial charge in [0.15, 0.2) is 0 Å². The Morgan fingerprint density at radius 1 is 1.44 bits per heavy atom. The zero-order valence-electron chi connectivity index (χ0n) is 9.11. The minimum atomic E-state index is -0.419. The lowest BCUT2D eigenvalue weighted by atomic mass is 10.1. The van der Waals surface area contributed by atoms with E-state index in [4.69, 9.17) is 22.6 Å². The molecule has 0 unspecified atom stereocenters. The molecule has 6 heteroatoms. The Bertz CT molecular complexity index is 625. The number of benzene rings is 1. The van der Waals surface area contributed by atoms with E-state index in [0.717, 1.165) is 0 Å². The lowest BCUT2D eigenvalue weighted by molar-refractivity contribution is 0.102. The van der Waals surface area contributed by atoms with Crippen molar-refractivity contribution in [1.29, 1.82) is 5.26 Å². The van der Waals surface area contributed by atoms with Gasteiger partial charge in [0.2, 0.25) is 0 Å². The molecule has 90 valence electrons. The van der Waals surface area contributed by atoms with Crippen molar-refractivity contribution >= 4 is 39.5 Å². The first-order valence-electron chi connectivity index (χ1n) is 4.96. The summed E-state index contributed by atoms with van der Waals surface area (Å²) >= 11 is 7.21. The number of hydrogen-bond donors (Lipinski definition) is 2. The fourth-order valence-corrected chi connectivity index (χ4v) is 2.44. The number of carbonyl (C=O) groups is 1. The van der Waals surface area contributed by atoms with Crippen molar-refractivity contribution in [2.75, 3.05) is 11.1 Å². The summed E-state index contributed by atoms with van der Waals surface area (Å²) in [6.07, 6.45) is 0. The number of carbonyl (C=O) groups excluding carboxylic acids is 1. The van der Waals surface area contributed by atoms with Crippen LogP contribution in [0, 0.1) is 11.3 Å². The van der Waals surface area contributed by atoms with Crippen LogP contribution in [0.15, 0.2) is 29.6 Å². The summed E-state index contributed by atoms with van der Waals surface area (Å²) in [6.45, 7) is 0. The monoisotopic (exact) mass is 277 g/mol. The quantitative estimate of drug-likeness (QED) is 0.828. The number of nitrogen functional groups attached to an aromatic ring is 1. The fraction of sp³-hybridized carbons (Fsp3) is 0. The maximum Gasteiger partial charge on any atom is 0.259 e. The van der Waals surface area contributed by atoms with E-state index < -0.39 is 5.91 Å². The van der Waals surface area contributed by atoms with Crippen LogP contribution in [0.2, 0.25) is 5.02 Å². The highest BCUT2D eigenvalue weighted by Crippen LogP contribution is 2.26. The predicted octanol–water partition coefficient (Wildman–Crippen LogP) is 3.11. The third-order valence-corrected chi connectivity index (χ3v) is 3.43. The first kappa shape index (κ1) is 12.4. The average molecular weight is 278 g/mol. The van der Waals surface area contributed by atoms with Gasteiger partial charge in [-0.15, -0.1) is 11.3 Å². The van der Waals surface area contributed by atoms with E-state index in [9.17, 15) is 4.79 Å². The van der Waals surface area contributed by atoms with Crippen LogP contribution in [-0.2, 0) is 0 Å². The third-order valence-electron chi connectivity index (χ3n) is 2.29. The molecule has 0 atom stereocenters. The number of amides is 1. The molecule has 0 aliphatic carbocycles. The minimum Gasteiger partial charge on any atom is -0.398 e. The van der Waals surface area contributed by atoms with Crippen LogP contribution in [0.1, 0.15) is 15.9 Å². The zero-order chi connectivity index (χ0) is 13.1. The molecule has 1 amide bonds. The average Bonchev–Trinajstić information content (AvgIpc) is 2.76. The number of hydrogen-bond acceptors (Lipinski definition) is 4. The number of thiophene rings is 1. The van der Waals surface area contributed by atoms with Crippen LogP contribution in [0.4, 0.5) is 10.7 Å². The highest BCUT2D eigenvalue weighted by atomic mass is 35.5. The summed E-state index contributed by atoms with van der Waals surface area (Å²) in [6, 6.07) is 8.48. The lowest BCUT2D eigenvalue weighted by Gasteiger charge is -2.07. The Kier molecular flexibility index (Phi) is 3.51. The van der Waals surface area contributed by atoms with Crippen molar-refractivity contribution in [3.8, 4) is 6.07 Å². The van der Waals surface area contributed by atoms with Gasteiger partial charge >= 0.3 is 0 Å². The Morgan fingerprint density at radius 3 is 2.89 bits per heavy atom. The molecule has 18 heavy (non-hydrogen) atoms. The SMILES string of the molecule is N#Cc1ccsc1NC(=O)c1c(N)cccc1Cl. The third kappa shape index (κ3) is 2.30. The van der Waals surface area contributed by atoms with E-state index in [0.29, 0.717) is 16.3 Å². The summed E-state index contributed by atoms with van der Waals surface area (Å²) in [4.78, 5) is 12.0. The second-order valence-corrected chi connectivity index (χ2v) is 4.76. The van der Waals surface area contributed by atoms with Gasteiger partial charge in [0.25, 0.3) is 5.91 Å². The Hall–Kier alpha value is -2.03. The number of nitrogens with two attached hydrogens (primary N) is 1. The highest BCUT2D eigenvalue weighted by Gasteiger charge is 2.15. The van der Waals surface area contributed by atoms with Crippen LogP contribution in [0.3, 0.4) is 0 Å². The normalized spacial score (nSPS) is 9.78. The topological polar surface area (TPSA) is 78.9 Å². The molecular formula is C12H8ClN3OS. The number of rotatable bonds is 2. The van der Waals surface area contributed by atoms with Crippen LogP contribution in [-0.4, -0.2) is 5.91 Å². The summed E-state index contributed by atoms with van der Waals surface area (Å²) in [5.41, 5.74) is 6.65. The Labute approximate surface area is 113 Å². The molecule has 0 radical (unpaired) electrons. The molecular weight excluding hydrogens is 270 g/mol. The smallest absolute Gasteiger partial charge is 0.259 e. The minimum absolute atomic E-state index is 0.219. The molecule has 0 spiro atoms. The van der Waals surface area contributed by atoms with Gasteiger partial charge < -0.3 is 11.1 Å². The molecule has 0 bridgehead atoms. The lowest BCUT2D eigenvalue weighted by Crippen LogP contribution is -2.14. The van der Waals surface area contributed by atoms with Crippen LogP contribution >= 0.6 is 22.9 Å². The van der Waals surface area contributed by atoms with Gasteiger partial charge in [0.1, 0.15) is 11.1 Å². The van der Waals surface area contributed by atoms with E-state index in [1.165, 1.54) is 11.3 Å². The van der Waals surface area contributed by atoms with Gasteiger partial charge in [-0.2, -0.15) is 5.26 Å². The van der Waals surface area contributed by atoms with Gasteiger partial charge in [-0.05, 0) is 23.6 Å². The molecule has 2 rings (SSSR count). The van der Waals surface area contributed by atoms with Crippen molar-refractivity contribution < 1.29 is 4.79 Å². The molecule has 0 aliphatic rings. The van der Waals surface area contributed by atoms with Gasteiger partial charge in [0, 0.05) is 5.69 Å². The largest absolute Gasteiger partial charge is 0.398 e. The standard InChI is InChI=1S/C12H8ClN3OS/c13-8-2-1-3-9(15)10(8)11(17)16-12-7(6-14)4-5-18-12/h1-5H,15H2,(H,16,17). The molecule has 4 nitrogen and oxygen atoms in total. The van der Waals surface area contributed by atoms with Crippen LogP contribution in [0.5, 0.6) is 0 Å². The maximum atomic E-state index is 12.0. The summed E-state index contributed by atoms with van der Waals surface area (Å²) in [5, 5.41) is 14.0. The molecule has 1 heterocycles. The van der Waals surface area contributed by atoms with Crippen molar-refractivity contribution in [2.24, 2.45) is 0 Å². The maximum absolute atomic E-state index is 12.0. The van der Waals surface area contributed by atoms with Crippen LogP contribution < -0.4 is 11.1 Å². The van der Waals surface area contributed by atoms with E-state index in [1.54, 1.807) is 29.6 Å². The Balaban J connectivity index is 2.31. The van der Waals surface area contributed by atoms with Crippen molar-refractivity contribution in [1.82, 2.24) is 0 Å². The van der Waals surface area contributed by atoms with Gasteiger partial charge in [-0.3, -0.25) is 4.79 Å². The van der Waals surface area contributed by atoms with Crippen molar-refractivity contribution in [3.05, 3.63) is 45.8 Å². The molecule has 1 aromatic heterocycles. The first-order valence-corrected chi connectivity index (χ1v) is 6.22. The molecule has 2 aromatic rings. The van der Waals surface area contributed by atoms with E-state index in [1.807, 2.05) is 6.07 Å². The predicted molar refractivity (Wildman–Crippen MR) is 72.9 cm³/mol. The number of anilines is 2. The molecule has 3 N–H and O–H groups in total. The molecule has 0 saturated heterocycles. The van der Waals surface area contributed by atoms with Gasteiger partial charge in [-0.1, -0.05) is 17.7 Å². The van der Waals surface area contributed by atoms with Crippen LogP contribution in [0.25, 0.3) is 0 Å². The van der Waals surface area contributed by atoms with Crippen molar-refractivity contribution in [2.45, 2.75) is 0 Å². The number of nitrogens with zero attached hydrogens (tertiary/aromatic N) is 1. The number of nitriles is 1. The molecule has 1 aromatic carbocycles. The molecule has 0 aliphatic heterocycles. The molecule has 0 saturated carbocycles. The highest BCUT2D eigenvalue weighted by molar-refractivity contribution is 7.14. The Morgan fingerprint density at radius 2 is 2.22 bits per heavy atom. The second kappa shape index (κ2) is 5.08. The summed E-state index contributed by atoms with van der Waals surface area (Å²) in [5.74, 6) is -0.419. The van der Waals surface area contributed by atoms with Gasteiger partial charge in [0.05, 0.1) is 16.1 Å². The van der Waals surface area contributed by atoms with Crippen molar-refractivity contribution in [3.63, 3.8) is 0 Å². The molecule has 0 fully saturated rings. The van der Waals surface area contributed by atoms with E-state index in [2.05, 4.69) is 5.32 Å². The van der Waals surface area contributed by atoms with E-state index in [-0.39, 0.29) is 10.6 Å².